The van der Waals surface area contributed by atoms with Gasteiger partial charge in [0.1, 0.15) is 11.8 Å². The van der Waals surface area contributed by atoms with Crippen LogP contribution in [0.15, 0.2) is 77.7 Å². The van der Waals surface area contributed by atoms with Gasteiger partial charge in [-0.15, -0.1) is 0 Å². The Morgan fingerprint density at radius 1 is 0.925 bits per heavy atom. The van der Waals surface area contributed by atoms with Crippen molar-refractivity contribution in [2.75, 3.05) is 13.7 Å². The van der Waals surface area contributed by atoms with Gasteiger partial charge in [-0.25, -0.2) is 13.9 Å². The van der Waals surface area contributed by atoms with E-state index in [0.29, 0.717) is 10.2 Å². The van der Waals surface area contributed by atoms with Crippen molar-refractivity contribution in [1.82, 2.24) is 14.8 Å². The van der Waals surface area contributed by atoms with E-state index in [-0.39, 0.29) is 29.0 Å². The summed E-state index contributed by atoms with van der Waals surface area (Å²) in [6.45, 7) is 2.86. The SMILES string of the molecule is COc1ccc(-c2ccc(S(=O)(=O)N(OC(C)C)C(CCN3C(=O)c4ccccc4C3=O)C(=O)NO)cc2)cc1. The van der Waals surface area contributed by atoms with Gasteiger partial charge in [0.2, 0.25) is 0 Å². The second-order valence-electron chi connectivity index (χ2n) is 9.26. The average Bonchev–Trinajstić information content (AvgIpc) is 3.21. The molecule has 210 valence electrons. The fraction of sp³-hybridized carbons (Fsp3) is 0.250. The van der Waals surface area contributed by atoms with Crippen molar-refractivity contribution in [1.29, 1.82) is 0 Å². The minimum Gasteiger partial charge on any atom is -0.497 e. The molecule has 0 fully saturated rings. The molecule has 1 unspecified atom stereocenters. The highest BCUT2D eigenvalue weighted by atomic mass is 32.2. The summed E-state index contributed by atoms with van der Waals surface area (Å²) in [5, 5.41) is 9.43. The van der Waals surface area contributed by atoms with Crippen LogP contribution in [-0.2, 0) is 19.7 Å². The van der Waals surface area contributed by atoms with Crippen LogP contribution < -0.4 is 10.2 Å². The maximum atomic E-state index is 13.7. The van der Waals surface area contributed by atoms with Gasteiger partial charge in [-0.1, -0.05) is 40.9 Å². The number of hydroxylamine groups is 2. The maximum absolute atomic E-state index is 13.7. The molecule has 0 radical (unpaired) electrons. The molecule has 40 heavy (non-hydrogen) atoms. The van der Waals surface area contributed by atoms with Gasteiger partial charge in [-0.3, -0.25) is 29.3 Å². The number of hydrogen-bond donors (Lipinski definition) is 2. The Hall–Kier alpha value is -4.10. The van der Waals surface area contributed by atoms with Crippen LogP contribution in [0, 0.1) is 0 Å². The Kier molecular flexibility index (Phi) is 8.64. The smallest absolute Gasteiger partial charge is 0.265 e. The van der Waals surface area contributed by atoms with Crippen LogP contribution in [0.4, 0.5) is 0 Å². The number of benzene rings is 3. The van der Waals surface area contributed by atoms with E-state index >= 15 is 0 Å². The number of sulfonamides is 1. The number of imide groups is 1. The number of hydrogen-bond acceptors (Lipinski definition) is 8. The zero-order chi connectivity index (χ0) is 29.0. The van der Waals surface area contributed by atoms with Crippen molar-refractivity contribution in [3.63, 3.8) is 0 Å². The highest BCUT2D eigenvalue weighted by Crippen LogP contribution is 2.28. The molecule has 0 aliphatic carbocycles. The van der Waals surface area contributed by atoms with E-state index < -0.39 is 39.9 Å². The van der Waals surface area contributed by atoms with Crippen molar-refractivity contribution in [2.24, 2.45) is 0 Å². The summed E-state index contributed by atoms with van der Waals surface area (Å²) < 4.78 is 33.2. The Morgan fingerprint density at radius 3 is 1.93 bits per heavy atom. The molecule has 11 nitrogen and oxygen atoms in total. The van der Waals surface area contributed by atoms with Gasteiger partial charge >= 0.3 is 0 Å². The minimum atomic E-state index is -4.46. The molecule has 0 saturated heterocycles. The van der Waals surface area contributed by atoms with Gasteiger partial charge in [-0.05, 0) is 67.8 Å². The van der Waals surface area contributed by atoms with E-state index in [1.54, 1.807) is 57.4 Å². The zero-order valence-electron chi connectivity index (χ0n) is 22.1. The number of carbonyl (C=O) groups is 3. The zero-order valence-corrected chi connectivity index (χ0v) is 22.9. The highest BCUT2D eigenvalue weighted by Gasteiger charge is 2.41. The molecule has 4 rings (SSSR count). The fourth-order valence-electron chi connectivity index (χ4n) is 4.31. The number of fused-ring (bicyclic) bond motifs is 1. The van der Waals surface area contributed by atoms with Crippen molar-refractivity contribution in [2.45, 2.75) is 37.3 Å². The monoisotopic (exact) mass is 567 g/mol. The summed E-state index contributed by atoms with van der Waals surface area (Å²) in [6, 6.07) is 17.9. The molecule has 3 amide bonds. The van der Waals surface area contributed by atoms with E-state index in [4.69, 9.17) is 9.57 Å². The molecule has 1 aliphatic heterocycles. The lowest BCUT2D eigenvalue weighted by Gasteiger charge is -2.30. The third kappa shape index (κ3) is 5.75. The Balaban J connectivity index is 1.61. The third-order valence-corrected chi connectivity index (χ3v) is 7.98. The topological polar surface area (TPSA) is 143 Å². The van der Waals surface area contributed by atoms with E-state index in [1.807, 2.05) is 12.1 Å². The van der Waals surface area contributed by atoms with Crippen LogP contribution in [0.1, 0.15) is 41.0 Å². The van der Waals surface area contributed by atoms with Crippen molar-refractivity contribution >= 4 is 27.7 Å². The summed E-state index contributed by atoms with van der Waals surface area (Å²) in [6.07, 6.45) is -1.02. The van der Waals surface area contributed by atoms with Crippen LogP contribution in [0.2, 0.25) is 0 Å². The van der Waals surface area contributed by atoms with Gasteiger partial charge in [0, 0.05) is 6.54 Å². The van der Waals surface area contributed by atoms with Crippen LogP contribution in [-0.4, -0.2) is 66.5 Å². The Bertz CT molecular complexity index is 1470. The summed E-state index contributed by atoms with van der Waals surface area (Å²) in [7, 11) is -2.90. The molecule has 0 bridgehead atoms. The first kappa shape index (κ1) is 28.9. The average molecular weight is 568 g/mol. The minimum absolute atomic E-state index is 0.165. The molecule has 3 aromatic carbocycles. The molecule has 0 saturated carbocycles. The van der Waals surface area contributed by atoms with E-state index in [9.17, 15) is 28.0 Å². The van der Waals surface area contributed by atoms with Crippen LogP contribution in [0.5, 0.6) is 5.75 Å². The second-order valence-corrected chi connectivity index (χ2v) is 11.0. The summed E-state index contributed by atoms with van der Waals surface area (Å²) in [4.78, 5) is 44.7. The molecule has 1 heterocycles. The molecule has 0 aromatic heterocycles. The first-order valence-electron chi connectivity index (χ1n) is 12.4. The van der Waals surface area contributed by atoms with Crippen LogP contribution >= 0.6 is 0 Å². The van der Waals surface area contributed by atoms with Crippen LogP contribution in [0.3, 0.4) is 0 Å². The van der Waals surface area contributed by atoms with Crippen molar-refractivity contribution in [3.05, 3.63) is 83.9 Å². The molecule has 2 N–H and O–H groups in total. The predicted molar refractivity (Wildman–Crippen MR) is 144 cm³/mol. The normalized spacial score (nSPS) is 14.0. The van der Waals surface area contributed by atoms with E-state index in [1.165, 1.54) is 29.7 Å². The molecule has 3 aromatic rings. The van der Waals surface area contributed by atoms with Gasteiger partial charge in [-0.2, -0.15) is 0 Å². The third-order valence-electron chi connectivity index (χ3n) is 6.30. The molecular formula is C28H29N3O8S. The molecule has 1 aliphatic rings. The molecule has 0 spiro atoms. The Labute approximate surface area is 231 Å². The largest absolute Gasteiger partial charge is 0.497 e. The van der Waals surface area contributed by atoms with Gasteiger partial charge in [0.25, 0.3) is 27.7 Å². The quantitative estimate of drug-likeness (QED) is 0.204. The van der Waals surface area contributed by atoms with Gasteiger partial charge in [0.05, 0.1) is 29.2 Å². The lowest BCUT2D eigenvalue weighted by molar-refractivity contribution is -0.167. The number of ether oxygens (including phenoxy) is 1. The number of nitrogens with one attached hydrogen (secondary N) is 1. The highest BCUT2D eigenvalue weighted by molar-refractivity contribution is 7.89. The predicted octanol–water partition coefficient (Wildman–Crippen LogP) is 3.25. The molecule has 12 heteroatoms. The number of nitrogens with zero attached hydrogens (tertiary/aromatic N) is 2. The summed E-state index contributed by atoms with van der Waals surface area (Å²) >= 11 is 0. The number of methoxy groups -OCH3 is 1. The second kappa shape index (κ2) is 12.0. The van der Waals surface area contributed by atoms with E-state index in [2.05, 4.69) is 0 Å². The van der Waals surface area contributed by atoms with Crippen molar-refractivity contribution in [3.8, 4) is 16.9 Å². The fourth-order valence-corrected chi connectivity index (χ4v) is 5.82. The first-order chi connectivity index (χ1) is 19.1. The number of rotatable bonds is 11. The lowest BCUT2D eigenvalue weighted by Crippen LogP contribution is -2.51. The summed E-state index contributed by atoms with van der Waals surface area (Å²) in [5.41, 5.74) is 3.49. The van der Waals surface area contributed by atoms with Crippen LogP contribution in [0.25, 0.3) is 11.1 Å². The Morgan fingerprint density at radius 2 is 1.45 bits per heavy atom. The molecular weight excluding hydrogens is 538 g/mol. The first-order valence-corrected chi connectivity index (χ1v) is 13.9. The van der Waals surface area contributed by atoms with E-state index in [0.717, 1.165) is 16.0 Å². The number of amides is 3. The van der Waals surface area contributed by atoms with Gasteiger partial charge in [0.15, 0.2) is 0 Å². The summed E-state index contributed by atoms with van der Waals surface area (Å²) in [5.74, 6) is -1.52. The molecule has 1 atom stereocenters. The van der Waals surface area contributed by atoms with Crippen molar-refractivity contribution < 1.29 is 37.6 Å². The van der Waals surface area contributed by atoms with Gasteiger partial charge < -0.3 is 4.74 Å². The maximum Gasteiger partial charge on any atom is 0.265 e. The lowest BCUT2D eigenvalue weighted by atomic mass is 10.1. The standard InChI is InChI=1S/C28H29N3O8S/c1-18(2)39-31(40(36,37)22-14-10-20(11-15-22)19-8-12-21(38-3)13-9-19)25(26(32)29-35)16-17-30-27(33)23-6-4-5-7-24(23)28(30)34/h4-15,18,25,35H,16-17H2,1-3H3,(H,29,32). The number of carbonyl (C=O) groups excluding carboxylic acids is 3.